The fraction of sp³-hybridized carbons (Fsp3) is 0.100. The molecule has 0 aliphatic heterocycles. The van der Waals surface area contributed by atoms with E-state index in [0.29, 0.717) is 11.3 Å². The van der Waals surface area contributed by atoms with Crippen molar-refractivity contribution in [2.75, 3.05) is 0 Å². The van der Waals surface area contributed by atoms with Gasteiger partial charge in [0.15, 0.2) is 0 Å². The van der Waals surface area contributed by atoms with Crippen molar-refractivity contribution in [3.05, 3.63) is 36.0 Å². The highest BCUT2D eigenvalue weighted by Gasteiger charge is 2.13. The van der Waals surface area contributed by atoms with Crippen LogP contribution < -0.4 is 4.65 Å². The molecular weight excluding hydrogens is 193 g/mol. The summed E-state index contributed by atoms with van der Waals surface area (Å²) < 4.78 is 4.83. The predicted molar refractivity (Wildman–Crippen MR) is 57.3 cm³/mol. The van der Waals surface area contributed by atoms with Crippen LogP contribution in [0, 0.1) is 6.92 Å². The number of aryl methyl sites for hydroxylation is 1. The monoisotopic (exact) mass is 203 g/mol. The highest BCUT2D eigenvalue weighted by atomic mass is 16.6. The van der Waals surface area contributed by atoms with Crippen molar-refractivity contribution in [3.63, 3.8) is 0 Å². The van der Waals surface area contributed by atoms with E-state index in [9.17, 15) is 0 Å². The third-order valence-electron chi connectivity index (χ3n) is 2.05. The molecule has 0 spiro atoms. The first-order valence-electron chi connectivity index (χ1n) is 4.56. The average Bonchev–Trinajstić information content (AvgIpc) is 2.18. The highest BCUT2D eigenvalue weighted by molar-refractivity contribution is 6.34. The minimum Gasteiger partial charge on any atom is -0.510 e. The van der Waals surface area contributed by atoms with E-state index in [1.165, 1.54) is 0 Å². The number of fused-ring (bicyclic) bond motifs is 1. The van der Waals surface area contributed by atoms with Crippen molar-refractivity contribution >= 4 is 18.2 Å². The molecule has 0 amide bonds. The van der Waals surface area contributed by atoms with Gasteiger partial charge in [-0.1, -0.05) is 18.2 Å². The first kappa shape index (κ1) is 9.95. The van der Waals surface area contributed by atoms with Gasteiger partial charge in [0.25, 0.3) is 0 Å². The lowest BCUT2D eigenvalue weighted by Crippen LogP contribution is -2.20. The molecule has 0 saturated carbocycles. The topological polar surface area (TPSA) is 62.6 Å². The Bertz CT molecular complexity index is 487. The standard InChI is InChI=1S/C10H10BNO3/c1-7-5-6-8-3-2-4-9(10(8)12-7)15-11(13)14/h2-6,13-14H,1H3. The second-order valence-electron chi connectivity index (χ2n) is 3.22. The van der Waals surface area contributed by atoms with E-state index in [1.807, 2.05) is 25.1 Å². The molecule has 2 rings (SSSR count). The normalized spacial score (nSPS) is 10.3. The molecule has 0 aliphatic rings. The minimum absolute atomic E-state index is 0.367. The van der Waals surface area contributed by atoms with E-state index in [-0.39, 0.29) is 0 Å². The van der Waals surface area contributed by atoms with Crippen LogP contribution in [0.1, 0.15) is 5.69 Å². The van der Waals surface area contributed by atoms with Crippen molar-refractivity contribution in [3.8, 4) is 5.75 Å². The molecule has 1 heterocycles. The summed E-state index contributed by atoms with van der Waals surface area (Å²) in [5, 5.41) is 18.4. The molecule has 0 unspecified atom stereocenters. The number of hydrogen-bond donors (Lipinski definition) is 2. The fourth-order valence-electron chi connectivity index (χ4n) is 1.43. The van der Waals surface area contributed by atoms with Crippen LogP contribution in [-0.2, 0) is 0 Å². The van der Waals surface area contributed by atoms with E-state index in [1.54, 1.807) is 12.1 Å². The van der Waals surface area contributed by atoms with Gasteiger partial charge in [-0.3, -0.25) is 0 Å². The number of nitrogens with zero attached hydrogens (tertiary/aromatic N) is 1. The van der Waals surface area contributed by atoms with Crippen LogP contribution >= 0.6 is 0 Å². The number of rotatable bonds is 2. The Kier molecular flexibility index (Phi) is 2.57. The average molecular weight is 203 g/mol. The molecule has 76 valence electrons. The SMILES string of the molecule is Cc1ccc2cccc(OB(O)O)c2n1. The first-order chi connectivity index (χ1) is 7.16. The number of benzene rings is 1. The Hall–Kier alpha value is -1.59. The molecule has 0 bridgehead atoms. The summed E-state index contributed by atoms with van der Waals surface area (Å²) in [5.74, 6) is 0.367. The largest absolute Gasteiger partial charge is 0.707 e. The molecule has 0 saturated heterocycles. The summed E-state index contributed by atoms with van der Waals surface area (Å²) in [6.45, 7) is 1.87. The third kappa shape index (κ3) is 2.08. The maximum atomic E-state index is 8.74. The van der Waals surface area contributed by atoms with Gasteiger partial charge in [-0.25, -0.2) is 4.98 Å². The Morgan fingerprint density at radius 2 is 2.00 bits per heavy atom. The lowest BCUT2D eigenvalue weighted by Gasteiger charge is -2.07. The molecule has 15 heavy (non-hydrogen) atoms. The lowest BCUT2D eigenvalue weighted by atomic mass is 10.1. The van der Waals surface area contributed by atoms with E-state index in [0.717, 1.165) is 11.1 Å². The van der Waals surface area contributed by atoms with Gasteiger partial charge in [0.2, 0.25) is 0 Å². The lowest BCUT2D eigenvalue weighted by molar-refractivity contribution is 0.289. The molecule has 0 atom stereocenters. The maximum absolute atomic E-state index is 8.74. The van der Waals surface area contributed by atoms with Crippen LogP contribution in [0.5, 0.6) is 5.75 Å². The van der Waals surface area contributed by atoms with Gasteiger partial charge in [0, 0.05) is 11.1 Å². The first-order valence-corrected chi connectivity index (χ1v) is 4.56. The Morgan fingerprint density at radius 1 is 1.20 bits per heavy atom. The van der Waals surface area contributed by atoms with Gasteiger partial charge in [0.05, 0.1) is 0 Å². The molecule has 2 N–H and O–H groups in total. The van der Waals surface area contributed by atoms with Crippen molar-refractivity contribution in [2.24, 2.45) is 0 Å². The predicted octanol–water partition coefficient (Wildman–Crippen LogP) is 0.892. The fourth-order valence-corrected chi connectivity index (χ4v) is 1.43. The van der Waals surface area contributed by atoms with Gasteiger partial charge >= 0.3 is 7.32 Å². The summed E-state index contributed by atoms with van der Waals surface area (Å²) >= 11 is 0. The summed E-state index contributed by atoms with van der Waals surface area (Å²) in [4.78, 5) is 4.28. The van der Waals surface area contributed by atoms with E-state index >= 15 is 0 Å². The molecule has 0 radical (unpaired) electrons. The van der Waals surface area contributed by atoms with E-state index in [2.05, 4.69) is 4.98 Å². The second kappa shape index (κ2) is 3.88. The summed E-state index contributed by atoms with van der Waals surface area (Å²) in [5.41, 5.74) is 1.48. The summed E-state index contributed by atoms with van der Waals surface area (Å²) in [7, 11) is -1.82. The molecule has 2 aromatic rings. The van der Waals surface area contributed by atoms with Gasteiger partial charge in [-0.15, -0.1) is 0 Å². The number of para-hydroxylation sites is 1. The molecule has 5 heteroatoms. The van der Waals surface area contributed by atoms with Gasteiger partial charge < -0.3 is 14.7 Å². The second-order valence-corrected chi connectivity index (χ2v) is 3.22. The minimum atomic E-state index is -1.82. The van der Waals surface area contributed by atoms with Crippen LogP contribution in [0.15, 0.2) is 30.3 Å². The number of pyridine rings is 1. The van der Waals surface area contributed by atoms with Crippen molar-refractivity contribution < 1.29 is 14.7 Å². The molecule has 4 nitrogen and oxygen atoms in total. The quantitative estimate of drug-likeness (QED) is 0.711. The molecule has 1 aromatic carbocycles. The zero-order valence-electron chi connectivity index (χ0n) is 8.21. The molecular formula is C10H10BNO3. The van der Waals surface area contributed by atoms with Crippen molar-refractivity contribution in [1.29, 1.82) is 0 Å². The van der Waals surface area contributed by atoms with Crippen LogP contribution in [0.25, 0.3) is 10.9 Å². The van der Waals surface area contributed by atoms with Gasteiger partial charge in [-0.2, -0.15) is 0 Å². The van der Waals surface area contributed by atoms with Crippen molar-refractivity contribution in [1.82, 2.24) is 4.98 Å². The molecule has 0 fully saturated rings. The van der Waals surface area contributed by atoms with Crippen LogP contribution in [-0.4, -0.2) is 22.4 Å². The van der Waals surface area contributed by atoms with Crippen LogP contribution in [0.3, 0.4) is 0 Å². The van der Waals surface area contributed by atoms with E-state index in [4.69, 9.17) is 14.7 Å². The zero-order chi connectivity index (χ0) is 10.8. The summed E-state index contributed by atoms with van der Waals surface area (Å²) in [6.07, 6.45) is 0. The highest BCUT2D eigenvalue weighted by Crippen LogP contribution is 2.23. The zero-order valence-corrected chi connectivity index (χ0v) is 8.21. The Labute approximate surface area is 87.3 Å². The van der Waals surface area contributed by atoms with Crippen LogP contribution in [0.4, 0.5) is 0 Å². The summed E-state index contributed by atoms with van der Waals surface area (Å²) in [6, 6.07) is 9.11. The van der Waals surface area contributed by atoms with Crippen molar-refractivity contribution in [2.45, 2.75) is 6.92 Å². The number of hydrogen-bond acceptors (Lipinski definition) is 4. The Balaban J connectivity index is 2.58. The number of aromatic nitrogens is 1. The molecule has 1 aromatic heterocycles. The van der Waals surface area contributed by atoms with Crippen LogP contribution in [0.2, 0.25) is 0 Å². The van der Waals surface area contributed by atoms with E-state index < -0.39 is 7.32 Å². The molecule has 0 aliphatic carbocycles. The third-order valence-corrected chi connectivity index (χ3v) is 2.05. The Morgan fingerprint density at radius 3 is 2.73 bits per heavy atom. The maximum Gasteiger partial charge on any atom is 0.707 e. The van der Waals surface area contributed by atoms with Gasteiger partial charge in [0.1, 0.15) is 11.3 Å². The smallest absolute Gasteiger partial charge is 0.510 e. The van der Waals surface area contributed by atoms with Gasteiger partial charge in [-0.05, 0) is 19.1 Å².